The molecular weight excluding hydrogens is 400 g/mol. The molecule has 0 bridgehead atoms. The monoisotopic (exact) mass is 423 g/mol. The SMILES string of the molecule is CC1C(=O)C(C)C(c2cccc(F)c2)N(C(=O)Cn2ccnc2)C1c1cccc(F)c1. The number of carbonyl (C=O) groups is 2. The third kappa shape index (κ3) is 4.00. The molecule has 4 rings (SSSR count). The first-order valence-electron chi connectivity index (χ1n) is 10.2. The largest absolute Gasteiger partial charge is 0.328 e. The lowest BCUT2D eigenvalue weighted by Crippen LogP contribution is -2.52. The second-order valence-electron chi connectivity index (χ2n) is 8.02. The highest BCUT2D eigenvalue weighted by molar-refractivity contribution is 5.89. The molecule has 1 amide bonds. The van der Waals surface area contributed by atoms with Crippen LogP contribution in [0, 0.1) is 23.5 Å². The molecule has 1 aliphatic rings. The van der Waals surface area contributed by atoms with Gasteiger partial charge >= 0.3 is 0 Å². The van der Waals surface area contributed by atoms with Crippen molar-refractivity contribution in [1.29, 1.82) is 0 Å². The Kier molecular flexibility index (Phi) is 5.67. The van der Waals surface area contributed by atoms with E-state index >= 15 is 0 Å². The van der Waals surface area contributed by atoms with Gasteiger partial charge in [-0.1, -0.05) is 38.1 Å². The van der Waals surface area contributed by atoms with E-state index in [0.717, 1.165) is 0 Å². The van der Waals surface area contributed by atoms with Crippen molar-refractivity contribution in [2.45, 2.75) is 32.5 Å². The molecule has 4 atom stereocenters. The molecule has 3 aromatic rings. The highest BCUT2D eigenvalue weighted by atomic mass is 19.1. The molecular formula is C24H23F2N3O2. The summed E-state index contributed by atoms with van der Waals surface area (Å²) in [6.07, 6.45) is 4.79. The molecule has 0 N–H and O–H groups in total. The lowest BCUT2D eigenvalue weighted by Gasteiger charge is -2.48. The second-order valence-corrected chi connectivity index (χ2v) is 8.02. The van der Waals surface area contributed by atoms with E-state index in [1.807, 2.05) is 0 Å². The number of hydrogen-bond acceptors (Lipinski definition) is 3. The molecule has 0 spiro atoms. The van der Waals surface area contributed by atoms with Gasteiger partial charge in [0.2, 0.25) is 5.91 Å². The zero-order chi connectivity index (χ0) is 22.1. The number of likely N-dealkylation sites (tertiary alicyclic amines) is 1. The van der Waals surface area contributed by atoms with Crippen molar-refractivity contribution in [3.8, 4) is 0 Å². The van der Waals surface area contributed by atoms with Gasteiger partial charge in [0.1, 0.15) is 24.0 Å². The first-order valence-corrected chi connectivity index (χ1v) is 10.2. The Bertz CT molecular complexity index is 1040. The number of imidazole rings is 1. The van der Waals surface area contributed by atoms with Crippen LogP contribution >= 0.6 is 0 Å². The molecule has 2 heterocycles. The molecule has 1 aliphatic heterocycles. The van der Waals surface area contributed by atoms with E-state index in [1.165, 1.54) is 30.6 Å². The van der Waals surface area contributed by atoms with Gasteiger partial charge in [-0.15, -0.1) is 0 Å². The van der Waals surface area contributed by atoms with Crippen LogP contribution in [0.25, 0.3) is 0 Å². The summed E-state index contributed by atoms with van der Waals surface area (Å²) in [6.45, 7) is 3.52. The van der Waals surface area contributed by atoms with E-state index in [-0.39, 0.29) is 18.2 Å². The number of halogens is 2. The zero-order valence-corrected chi connectivity index (χ0v) is 17.3. The summed E-state index contributed by atoms with van der Waals surface area (Å²) in [5, 5.41) is 0. The molecule has 1 aromatic heterocycles. The number of rotatable bonds is 4. The van der Waals surface area contributed by atoms with Crippen molar-refractivity contribution in [1.82, 2.24) is 14.5 Å². The third-order valence-electron chi connectivity index (χ3n) is 5.99. The van der Waals surface area contributed by atoms with Crippen LogP contribution in [0.2, 0.25) is 0 Å². The van der Waals surface area contributed by atoms with Crippen molar-refractivity contribution < 1.29 is 18.4 Å². The summed E-state index contributed by atoms with van der Waals surface area (Å²) in [5.41, 5.74) is 1.07. The Morgan fingerprint density at radius 1 is 0.968 bits per heavy atom. The van der Waals surface area contributed by atoms with E-state index in [0.29, 0.717) is 11.1 Å². The molecule has 0 radical (unpaired) electrons. The van der Waals surface area contributed by atoms with Gasteiger partial charge in [-0.3, -0.25) is 9.59 Å². The number of nitrogens with zero attached hydrogens (tertiary/aromatic N) is 3. The highest BCUT2D eigenvalue weighted by Gasteiger charge is 2.48. The highest BCUT2D eigenvalue weighted by Crippen LogP contribution is 2.46. The first kappa shape index (κ1) is 20.9. The van der Waals surface area contributed by atoms with Gasteiger partial charge in [0.25, 0.3) is 0 Å². The average molecular weight is 423 g/mol. The van der Waals surface area contributed by atoms with Crippen LogP contribution in [0.15, 0.2) is 67.3 Å². The predicted octanol–water partition coefficient (Wildman–Crippen LogP) is 4.33. The van der Waals surface area contributed by atoms with Crippen molar-refractivity contribution in [2.24, 2.45) is 11.8 Å². The van der Waals surface area contributed by atoms with Gasteiger partial charge in [0.15, 0.2) is 0 Å². The normalized spacial score (nSPS) is 23.7. The van der Waals surface area contributed by atoms with Crippen molar-refractivity contribution in [3.63, 3.8) is 0 Å². The molecule has 0 saturated carbocycles. The molecule has 7 heteroatoms. The summed E-state index contributed by atoms with van der Waals surface area (Å²) < 4.78 is 29.8. The maximum Gasteiger partial charge on any atom is 0.243 e. The van der Waals surface area contributed by atoms with Crippen LogP contribution < -0.4 is 0 Å². The third-order valence-corrected chi connectivity index (χ3v) is 5.99. The maximum absolute atomic E-state index is 14.1. The number of aromatic nitrogens is 2. The van der Waals surface area contributed by atoms with Crippen LogP contribution in [0.3, 0.4) is 0 Å². The van der Waals surface area contributed by atoms with Crippen LogP contribution in [0.1, 0.15) is 37.1 Å². The van der Waals surface area contributed by atoms with Crippen LogP contribution in [-0.4, -0.2) is 26.1 Å². The first-order chi connectivity index (χ1) is 14.9. The van der Waals surface area contributed by atoms with Gasteiger partial charge in [-0.25, -0.2) is 13.8 Å². The predicted molar refractivity (Wildman–Crippen MR) is 111 cm³/mol. The van der Waals surface area contributed by atoms with E-state index in [2.05, 4.69) is 4.98 Å². The Labute approximate surface area is 179 Å². The lowest BCUT2D eigenvalue weighted by molar-refractivity contribution is -0.152. The number of amides is 1. The Balaban J connectivity index is 1.86. The Morgan fingerprint density at radius 2 is 1.52 bits per heavy atom. The quantitative estimate of drug-likeness (QED) is 0.628. The van der Waals surface area contributed by atoms with E-state index in [4.69, 9.17) is 0 Å². The molecule has 31 heavy (non-hydrogen) atoms. The molecule has 0 aliphatic carbocycles. The number of carbonyl (C=O) groups excluding carboxylic acids is 2. The van der Waals surface area contributed by atoms with E-state index in [9.17, 15) is 18.4 Å². The molecule has 160 valence electrons. The van der Waals surface area contributed by atoms with Crippen LogP contribution in [0.4, 0.5) is 8.78 Å². The number of ketones is 1. The standard InChI is InChI=1S/C24H23F2N3O2/c1-15-22(17-5-3-7-19(25)11-17)29(21(30)13-28-10-9-27-14-28)23(16(2)24(15)31)18-6-4-8-20(26)12-18/h3-12,14-16,22-23H,13H2,1-2H3. The fourth-order valence-corrected chi connectivity index (χ4v) is 4.59. The maximum atomic E-state index is 14.1. The summed E-state index contributed by atoms with van der Waals surface area (Å²) in [7, 11) is 0. The van der Waals surface area contributed by atoms with Gasteiger partial charge in [0, 0.05) is 24.2 Å². The Hall–Kier alpha value is -3.35. The molecule has 1 saturated heterocycles. The molecule has 5 nitrogen and oxygen atoms in total. The summed E-state index contributed by atoms with van der Waals surface area (Å²) >= 11 is 0. The van der Waals surface area contributed by atoms with E-state index < -0.39 is 35.6 Å². The smallest absolute Gasteiger partial charge is 0.243 e. The second kappa shape index (κ2) is 8.41. The van der Waals surface area contributed by atoms with Crippen LogP contribution in [0.5, 0.6) is 0 Å². The molecule has 4 unspecified atom stereocenters. The minimum Gasteiger partial charge on any atom is -0.328 e. The van der Waals surface area contributed by atoms with E-state index in [1.54, 1.807) is 60.0 Å². The van der Waals surface area contributed by atoms with Crippen molar-refractivity contribution >= 4 is 11.7 Å². The molecule has 2 aromatic carbocycles. The topological polar surface area (TPSA) is 55.2 Å². The fourth-order valence-electron chi connectivity index (χ4n) is 4.59. The number of hydrogen-bond donors (Lipinski definition) is 0. The number of piperidine rings is 1. The van der Waals surface area contributed by atoms with Crippen LogP contribution in [-0.2, 0) is 16.1 Å². The summed E-state index contributed by atoms with van der Waals surface area (Å²) in [4.78, 5) is 32.4. The zero-order valence-electron chi connectivity index (χ0n) is 17.3. The fraction of sp³-hybridized carbons (Fsp3) is 0.292. The number of Topliss-reactive ketones (excluding diaryl/α,β-unsaturated/α-hetero) is 1. The van der Waals surface area contributed by atoms with Gasteiger partial charge in [-0.2, -0.15) is 0 Å². The molecule has 1 fully saturated rings. The van der Waals surface area contributed by atoms with Gasteiger partial charge < -0.3 is 9.47 Å². The summed E-state index contributed by atoms with van der Waals surface area (Å²) in [5.74, 6) is -2.29. The lowest BCUT2D eigenvalue weighted by atomic mass is 9.74. The minimum absolute atomic E-state index is 0.00522. The minimum atomic E-state index is -0.677. The Morgan fingerprint density at radius 3 is 1.97 bits per heavy atom. The summed E-state index contributed by atoms with van der Waals surface area (Å²) in [6, 6.07) is 10.6. The van der Waals surface area contributed by atoms with Gasteiger partial charge in [-0.05, 0) is 35.4 Å². The van der Waals surface area contributed by atoms with Gasteiger partial charge in [0.05, 0.1) is 18.4 Å². The number of benzene rings is 2. The van der Waals surface area contributed by atoms with Crippen molar-refractivity contribution in [3.05, 3.63) is 90.0 Å². The van der Waals surface area contributed by atoms with Crippen molar-refractivity contribution in [2.75, 3.05) is 0 Å². The average Bonchev–Trinajstić information content (AvgIpc) is 3.24.